The third-order valence-corrected chi connectivity index (χ3v) is 6.73. The molecule has 3 nitrogen and oxygen atoms in total. The topological polar surface area (TPSA) is 41.6 Å². The minimum Gasteiger partial charge on any atom is -0.273 e. The van der Waals surface area contributed by atoms with E-state index in [1.807, 2.05) is 22.9 Å². The van der Waals surface area contributed by atoms with E-state index in [0.717, 1.165) is 22.3 Å². The highest BCUT2D eigenvalue weighted by Crippen LogP contribution is 2.34. The molecule has 8 heteroatoms. The first kappa shape index (κ1) is 21.9. The molecule has 3 heterocycles. The predicted octanol–water partition coefficient (Wildman–Crippen LogP) is 7.67. The van der Waals surface area contributed by atoms with Gasteiger partial charge in [0.05, 0.1) is 5.69 Å². The van der Waals surface area contributed by atoms with Crippen molar-refractivity contribution in [2.24, 2.45) is 0 Å². The van der Waals surface area contributed by atoms with Crippen LogP contribution in [-0.2, 0) is 6.18 Å². The van der Waals surface area contributed by atoms with Gasteiger partial charge in [0.15, 0.2) is 0 Å². The summed E-state index contributed by atoms with van der Waals surface area (Å²) in [7, 11) is 0. The summed E-state index contributed by atoms with van der Waals surface area (Å²) in [5, 5.41) is 7.88. The van der Waals surface area contributed by atoms with Crippen molar-refractivity contribution in [1.82, 2.24) is 15.2 Å². The number of rotatable bonds is 10. The number of H-pyrrole nitrogens is 1. The van der Waals surface area contributed by atoms with Gasteiger partial charge >= 0.3 is 6.18 Å². The number of unbranched alkanes of at least 4 members (excludes halogenated alkanes) is 5. The number of thiophene rings is 1. The van der Waals surface area contributed by atoms with E-state index in [2.05, 4.69) is 28.5 Å². The lowest BCUT2D eigenvalue weighted by Gasteiger charge is -2.01. The summed E-state index contributed by atoms with van der Waals surface area (Å²) in [6.07, 6.45) is 5.04. The van der Waals surface area contributed by atoms with E-state index in [9.17, 15) is 13.2 Å². The van der Waals surface area contributed by atoms with E-state index in [0.29, 0.717) is 5.69 Å². The van der Waals surface area contributed by atoms with Gasteiger partial charge in [0.2, 0.25) is 0 Å². The first-order valence-electron chi connectivity index (χ1n) is 9.78. The van der Waals surface area contributed by atoms with Crippen molar-refractivity contribution >= 4 is 23.1 Å². The molecule has 0 radical (unpaired) electrons. The molecule has 3 aromatic heterocycles. The SMILES string of the molecule is CCCCCCCCSc1csc(-c2ccc(-c3cc(C(F)(F)F)[nH]n3)nc2)c1. The third-order valence-electron chi connectivity index (χ3n) is 4.54. The average molecular weight is 440 g/mol. The number of nitrogens with zero attached hydrogens (tertiary/aromatic N) is 2. The van der Waals surface area contributed by atoms with Gasteiger partial charge in [0.1, 0.15) is 11.4 Å². The molecule has 156 valence electrons. The fourth-order valence-electron chi connectivity index (χ4n) is 2.91. The second kappa shape index (κ2) is 10.3. The van der Waals surface area contributed by atoms with Gasteiger partial charge in [-0.15, -0.1) is 23.1 Å². The molecule has 0 bridgehead atoms. The van der Waals surface area contributed by atoms with Gasteiger partial charge in [-0.3, -0.25) is 10.1 Å². The standard InChI is InChI=1S/C21H24F3N3S2/c1-2-3-4-5-6-7-10-28-16-11-19(29-14-16)15-8-9-17(25-13-15)18-12-20(27-26-18)21(22,23)24/h8-9,11-14H,2-7,10H2,1H3,(H,26,27). The van der Waals surface area contributed by atoms with Gasteiger partial charge in [-0.05, 0) is 36.4 Å². The molecule has 0 aliphatic carbocycles. The molecule has 0 fully saturated rings. The second-order valence-corrected chi connectivity index (χ2v) is 8.94. The van der Waals surface area contributed by atoms with Crippen LogP contribution in [0.3, 0.4) is 0 Å². The summed E-state index contributed by atoms with van der Waals surface area (Å²) >= 11 is 3.53. The lowest BCUT2D eigenvalue weighted by atomic mass is 10.1. The van der Waals surface area contributed by atoms with E-state index in [-0.39, 0.29) is 5.69 Å². The summed E-state index contributed by atoms with van der Waals surface area (Å²) in [4.78, 5) is 6.65. The monoisotopic (exact) mass is 439 g/mol. The Morgan fingerprint density at radius 1 is 1.03 bits per heavy atom. The van der Waals surface area contributed by atoms with E-state index in [1.54, 1.807) is 23.6 Å². The van der Waals surface area contributed by atoms with Crippen LogP contribution >= 0.6 is 23.1 Å². The number of nitrogens with one attached hydrogen (secondary N) is 1. The number of aromatic amines is 1. The molecule has 0 saturated carbocycles. The maximum Gasteiger partial charge on any atom is 0.432 e. The number of aromatic nitrogens is 3. The second-order valence-electron chi connectivity index (χ2n) is 6.86. The molecule has 1 N–H and O–H groups in total. The van der Waals surface area contributed by atoms with Crippen LogP contribution < -0.4 is 0 Å². The molecule has 0 spiro atoms. The number of alkyl halides is 3. The zero-order valence-electron chi connectivity index (χ0n) is 16.3. The number of halogens is 3. The Bertz CT molecular complexity index is 885. The van der Waals surface area contributed by atoms with Gasteiger partial charge in [-0.25, -0.2) is 0 Å². The largest absolute Gasteiger partial charge is 0.432 e. The van der Waals surface area contributed by atoms with Crippen molar-refractivity contribution in [2.45, 2.75) is 56.5 Å². The van der Waals surface area contributed by atoms with Gasteiger partial charge < -0.3 is 0 Å². The summed E-state index contributed by atoms with van der Waals surface area (Å²) in [6.45, 7) is 2.23. The molecular formula is C21H24F3N3S2. The van der Waals surface area contributed by atoms with Crippen molar-refractivity contribution in [3.63, 3.8) is 0 Å². The van der Waals surface area contributed by atoms with Crippen molar-refractivity contribution < 1.29 is 13.2 Å². The maximum absolute atomic E-state index is 12.7. The lowest BCUT2D eigenvalue weighted by Crippen LogP contribution is -2.04. The van der Waals surface area contributed by atoms with Crippen LogP contribution in [0.15, 0.2) is 40.7 Å². The highest BCUT2D eigenvalue weighted by Gasteiger charge is 2.33. The normalized spacial score (nSPS) is 11.9. The molecule has 0 unspecified atom stereocenters. The van der Waals surface area contributed by atoms with Crippen LogP contribution in [0.2, 0.25) is 0 Å². The fraction of sp³-hybridized carbons (Fsp3) is 0.429. The first-order chi connectivity index (χ1) is 14.0. The predicted molar refractivity (Wildman–Crippen MR) is 114 cm³/mol. The molecule has 0 aliphatic heterocycles. The first-order valence-corrected chi connectivity index (χ1v) is 11.6. The van der Waals surface area contributed by atoms with Crippen LogP contribution in [0, 0.1) is 0 Å². The highest BCUT2D eigenvalue weighted by molar-refractivity contribution is 7.99. The van der Waals surface area contributed by atoms with Crippen LogP contribution in [0.4, 0.5) is 13.2 Å². The molecule has 0 aromatic carbocycles. The van der Waals surface area contributed by atoms with E-state index >= 15 is 0 Å². The van der Waals surface area contributed by atoms with Gasteiger partial charge in [0, 0.05) is 26.9 Å². The van der Waals surface area contributed by atoms with Crippen LogP contribution in [0.25, 0.3) is 21.8 Å². The highest BCUT2D eigenvalue weighted by atomic mass is 32.2. The minimum atomic E-state index is -4.44. The molecule has 0 atom stereocenters. The quantitative estimate of drug-likeness (QED) is 0.260. The van der Waals surface area contributed by atoms with E-state index < -0.39 is 11.9 Å². The summed E-state index contributed by atoms with van der Waals surface area (Å²) in [5.74, 6) is 1.13. The molecule has 0 aliphatic rings. The molecule has 3 rings (SSSR count). The molecule has 3 aromatic rings. The third kappa shape index (κ3) is 6.34. The Balaban J connectivity index is 1.53. The summed E-state index contributed by atoms with van der Waals surface area (Å²) < 4.78 is 38.1. The number of pyridine rings is 1. The molecule has 0 saturated heterocycles. The Hall–Kier alpha value is -1.80. The number of hydrogen-bond acceptors (Lipinski definition) is 4. The summed E-state index contributed by atoms with van der Waals surface area (Å²) in [6, 6.07) is 6.70. The Morgan fingerprint density at radius 2 is 1.83 bits per heavy atom. The summed E-state index contributed by atoms with van der Waals surface area (Å²) in [5.41, 5.74) is 0.681. The van der Waals surface area contributed by atoms with E-state index in [1.165, 1.54) is 43.4 Å². The molecule has 29 heavy (non-hydrogen) atoms. The average Bonchev–Trinajstić information content (AvgIpc) is 3.37. The van der Waals surface area contributed by atoms with Crippen molar-refractivity contribution in [3.8, 4) is 21.8 Å². The van der Waals surface area contributed by atoms with Gasteiger partial charge in [-0.2, -0.15) is 18.3 Å². The van der Waals surface area contributed by atoms with Crippen LogP contribution in [0.5, 0.6) is 0 Å². The number of hydrogen-bond donors (Lipinski definition) is 1. The minimum absolute atomic E-state index is 0.185. The number of thioether (sulfide) groups is 1. The van der Waals surface area contributed by atoms with Crippen molar-refractivity contribution in [3.05, 3.63) is 41.5 Å². The van der Waals surface area contributed by atoms with Crippen molar-refractivity contribution in [1.29, 1.82) is 0 Å². The maximum atomic E-state index is 12.7. The molecule has 0 amide bonds. The van der Waals surface area contributed by atoms with Crippen LogP contribution in [0.1, 0.15) is 51.1 Å². The molecular weight excluding hydrogens is 415 g/mol. The van der Waals surface area contributed by atoms with Crippen LogP contribution in [-0.4, -0.2) is 20.9 Å². The van der Waals surface area contributed by atoms with Gasteiger partial charge in [0.25, 0.3) is 0 Å². The Kier molecular flexibility index (Phi) is 7.77. The fourth-order valence-corrected chi connectivity index (χ4v) is 4.95. The zero-order chi connectivity index (χ0) is 20.7. The van der Waals surface area contributed by atoms with E-state index in [4.69, 9.17) is 0 Å². The zero-order valence-corrected chi connectivity index (χ0v) is 17.9. The smallest absolute Gasteiger partial charge is 0.273 e. The Labute approximate surface area is 177 Å². The van der Waals surface area contributed by atoms with Crippen molar-refractivity contribution in [2.75, 3.05) is 5.75 Å². The lowest BCUT2D eigenvalue weighted by molar-refractivity contribution is -0.141. The Morgan fingerprint density at radius 3 is 2.52 bits per heavy atom. The van der Waals surface area contributed by atoms with Gasteiger partial charge in [-0.1, -0.05) is 39.0 Å².